The van der Waals surface area contributed by atoms with E-state index in [1.807, 2.05) is 32.9 Å². The van der Waals surface area contributed by atoms with Crippen LogP contribution in [0.1, 0.15) is 19.4 Å². The number of aryl methyl sites for hydroxylation is 1. The van der Waals surface area contributed by atoms with Gasteiger partial charge in [-0.15, -0.1) is 0 Å². The Balaban J connectivity index is 0.000000791. The van der Waals surface area contributed by atoms with Gasteiger partial charge in [-0.25, -0.2) is 0 Å². The lowest BCUT2D eigenvalue weighted by Crippen LogP contribution is -1.90. The van der Waals surface area contributed by atoms with Crippen molar-refractivity contribution >= 4 is 15.9 Å². The van der Waals surface area contributed by atoms with Crippen LogP contribution in [-0.2, 0) is 0 Å². The summed E-state index contributed by atoms with van der Waals surface area (Å²) in [7, 11) is 3.30. The van der Waals surface area contributed by atoms with Gasteiger partial charge in [0.25, 0.3) is 0 Å². The molecule has 0 spiro atoms. The molecule has 14 heavy (non-hydrogen) atoms. The topological polar surface area (TPSA) is 18.5 Å². The van der Waals surface area contributed by atoms with Crippen molar-refractivity contribution < 1.29 is 9.47 Å². The first kappa shape index (κ1) is 13.3. The summed E-state index contributed by atoms with van der Waals surface area (Å²) in [6.45, 7) is 5.98. The van der Waals surface area contributed by atoms with Gasteiger partial charge in [0.1, 0.15) is 11.5 Å². The van der Waals surface area contributed by atoms with Gasteiger partial charge in [-0.1, -0.05) is 13.8 Å². The fraction of sp³-hybridized carbons (Fsp3) is 0.455. The van der Waals surface area contributed by atoms with Crippen LogP contribution >= 0.6 is 15.9 Å². The lowest BCUT2D eigenvalue weighted by Gasteiger charge is -2.08. The third kappa shape index (κ3) is 3.22. The second-order valence-electron chi connectivity index (χ2n) is 2.46. The number of rotatable bonds is 2. The quantitative estimate of drug-likeness (QED) is 0.806. The van der Waals surface area contributed by atoms with Crippen LogP contribution in [0.4, 0.5) is 0 Å². The van der Waals surface area contributed by atoms with Gasteiger partial charge in [-0.2, -0.15) is 0 Å². The summed E-state index contributed by atoms with van der Waals surface area (Å²) in [5, 5.41) is 0. The summed E-state index contributed by atoms with van der Waals surface area (Å²) >= 11 is 3.39. The molecule has 0 aliphatic rings. The first-order valence-electron chi connectivity index (χ1n) is 4.57. The molecular formula is C11H17BrO2. The summed E-state index contributed by atoms with van der Waals surface area (Å²) in [6, 6.07) is 3.81. The smallest absolute Gasteiger partial charge is 0.136 e. The maximum Gasteiger partial charge on any atom is 0.136 e. The first-order valence-corrected chi connectivity index (χ1v) is 5.36. The van der Waals surface area contributed by atoms with Crippen LogP contribution in [0.3, 0.4) is 0 Å². The fourth-order valence-electron chi connectivity index (χ4n) is 1.08. The van der Waals surface area contributed by atoms with Crippen LogP contribution in [0.25, 0.3) is 0 Å². The summed E-state index contributed by atoms with van der Waals surface area (Å²) < 4.78 is 11.2. The predicted octanol–water partition coefficient (Wildman–Crippen LogP) is 3.80. The predicted molar refractivity (Wildman–Crippen MR) is 63.3 cm³/mol. The van der Waals surface area contributed by atoms with E-state index in [4.69, 9.17) is 9.47 Å². The van der Waals surface area contributed by atoms with Gasteiger partial charge < -0.3 is 9.47 Å². The standard InChI is InChI=1S/C9H11BrO2.C2H6/c1-6-4-7(11-2)5-8(10)9(6)12-3;1-2/h4-5H,1-3H3;1-2H3. The number of ether oxygens (including phenoxy) is 2. The van der Waals surface area contributed by atoms with E-state index in [-0.39, 0.29) is 0 Å². The second kappa shape index (κ2) is 6.71. The molecule has 0 bridgehead atoms. The van der Waals surface area contributed by atoms with Gasteiger partial charge in [0.05, 0.1) is 18.7 Å². The molecule has 0 aromatic heterocycles. The van der Waals surface area contributed by atoms with Crippen molar-refractivity contribution in [3.63, 3.8) is 0 Å². The Labute approximate surface area is 94.4 Å². The van der Waals surface area contributed by atoms with Crippen molar-refractivity contribution in [3.05, 3.63) is 22.2 Å². The molecule has 0 aliphatic carbocycles. The van der Waals surface area contributed by atoms with E-state index in [1.54, 1.807) is 14.2 Å². The lowest BCUT2D eigenvalue weighted by atomic mass is 10.2. The zero-order chi connectivity index (χ0) is 11.1. The molecule has 3 heteroatoms. The molecule has 0 saturated heterocycles. The molecule has 0 unspecified atom stereocenters. The Morgan fingerprint density at radius 3 is 2.00 bits per heavy atom. The molecule has 0 aliphatic heterocycles. The van der Waals surface area contributed by atoms with Gasteiger partial charge in [-0.05, 0) is 40.5 Å². The van der Waals surface area contributed by atoms with E-state index in [0.29, 0.717) is 0 Å². The van der Waals surface area contributed by atoms with Gasteiger partial charge in [0.2, 0.25) is 0 Å². The van der Waals surface area contributed by atoms with Crippen molar-refractivity contribution in [1.29, 1.82) is 0 Å². The highest BCUT2D eigenvalue weighted by Gasteiger charge is 2.05. The van der Waals surface area contributed by atoms with Gasteiger partial charge in [0.15, 0.2) is 0 Å². The van der Waals surface area contributed by atoms with Crippen LogP contribution in [0, 0.1) is 6.92 Å². The molecule has 1 aromatic rings. The van der Waals surface area contributed by atoms with Crippen molar-refractivity contribution in [1.82, 2.24) is 0 Å². The maximum absolute atomic E-state index is 5.17. The summed E-state index contributed by atoms with van der Waals surface area (Å²) in [5.74, 6) is 1.69. The number of methoxy groups -OCH3 is 2. The molecule has 0 amide bonds. The summed E-state index contributed by atoms with van der Waals surface area (Å²) in [4.78, 5) is 0. The SMILES string of the molecule is CC.COc1cc(C)c(OC)c(Br)c1. The minimum Gasteiger partial charge on any atom is -0.497 e. The normalized spacial score (nSPS) is 8.71. The highest BCUT2D eigenvalue weighted by atomic mass is 79.9. The molecule has 80 valence electrons. The minimum absolute atomic E-state index is 0.833. The average molecular weight is 261 g/mol. The molecule has 1 rings (SSSR count). The van der Waals surface area contributed by atoms with E-state index in [2.05, 4.69) is 15.9 Å². The van der Waals surface area contributed by atoms with Crippen molar-refractivity contribution in [2.24, 2.45) is 0 Å². The Bertz CT molecular complexity index is 262. The molecule has 0 fully saturated rings. The minimum atomic E-state index is 0.833. The molecule has 1 aromatic carbocycles. The third-order valence-corrected chi connectivity index (χ3v) is 2.23. The average Bonchev–Trinajstić information content (AvgIpc) is 2.20. The molecular weight excluding hydrogens is 244 g/mol. The highest BCUT2D eigenvalue weighted by molar-refractivity contribution is 9.10. The number of hydrogen-bond acceptors (Lipinski definition) is 2. The molecule has 0 radical (unpaired) electrons. The monoisotopic (exact) mass is 260 g/mol. The van der Waals surface area contributed by atoms with Crippen LogP contribution < -0.4 is 9.47 Å². The third-order valence-electron chi connectivity index (χ3n) is 1.64. The zero-order valence-corrected chi connectivity index (χ0v) is 10.9. The molecule has 0 atom stereocenters. The molecule has 0 saturated carbocycles. The van der Waals surface area contributed by atoms with Crippen LogP contribution in [-0.4, -0.2) is 14.2 Å². The van der Waals surface area contributed by atoms with E-state index in [1.165, 1.54) is 0 Å². The van der Waals surface area contributed by atoms with Crippen LogP contribution in [0.5, 0.6) is 11.5 Å². The van der Waals surface area contributed by atoms with Crippen molar-refractivity contribution in [2.45, 2.75) is 20.8 Å². The van der Waals surface area contributed by atoms with Gasteiger partial charge >= 0.3 is 0 Å². The Hall–Kier alpha value is -0.700. The van der Waals surface area contributed by atoms with E-state index in [9.17, 15) is 0 Å². The Morgan fingerprint density at radius 1 is 1.07 bits per heavy atom. The largest absolute Gasteiger partial charge is 0.497 e. The number of halogens is 1. The van der Waals surface area contributed by atoms with Crippen molar-refractivity contribution in [2.75, 3.05) is 14.2 Å². The van der Waals surface area contributed by atoms with Crippen molar-refractivity contribution in [3.8, 4) is 11.5 Å². The fourth-order valence-corrected chi connectivity index (χ4v) is 1.78. The highest BCUT2D eigenvalue weighted by Crippen LogP contribution is 2.32. The Morgan fingerprint density at radius 2 is 1.64 bits per heavy atom. The van der Waals surface area contributed by atoms with Gasteiger partial charge in [0, 0.05) is 0 Å². The second-order valence-corrected chi connectivity index (χ2v) is 3.31. The van der Waals surface area contributed by atoms with E-state index >= 15 is 0 Å². The first-order chi connectivity index (χ1) is 6.69. The van der Waals surface area contributed by atoms with E-state index < -0.39 is 0 Å². The number of benzene rings is 1. The van der Waals surface area contributed by atoms with E-state index in [0.717, 1.165) is 21.5 Å². The summed E-state index contributed by atoms with van der Waals surface area (Å²) in [5.41, 5.74) is 1.06. The zero-order valence-electron chi connectivity index (χ0n) is 9.35. The molecule has 0 heterocycles. The molecule has 0 N–H and O–H groups in total. The van der Waals surface area contributed by atoms with Gasteiger partial charge in [-0.3, -0.25) is 0 Å². The number of hydrogen-bond donors (Lipinski definition) is 0. The lowest BCUT2D eigenvalue weighted by molar-refractivity contribution is 0.398. The molecule has 2 nitrogen and oxygen atoms in total. The van der Waals surface area contributed by atoms with Crippen LogP contribution in [0.2, 0.25) is 0 Å². The maximum atomic E-state index is 5.17. The Kier molecular flexibility index (Phi) is 6.37. The summed E-state index contributed by atoms with van der Waals surface area (Å²) in [6.07, 6.45) is 0. The van der Waals surface area contributed by atoms with Crippen LogP contribution in [0.15, 0.2) is 16.6 Å².